The van der Waals surface area contributed by atoms with Gasteiger partial charge in [-0.05, 0) is 12.8 Å². The second kappa shape index (κ2) is 6.29. The lowest BCUT2D eigenvalue weighted by Gasteiger charge is -2.03. The number of aliphatic hydroxyl groups is 1. The summed E-state index contributed by atoms with van der Waals surface area (Å²) in [5, 5.41) is 9.32. The highest BCUT2D eigenvalue weighted by atomic mass is 32.2. The van der Waals surface area contributed by atoms with E-state index < -0.39 is 10.0 Å². The standard InChI is InChI=1S/C9H16N2O3S2/c1-2-8-6-10-9(15-8)7-11-16(13,14)5-3-4-12/h6,11-12H,2-5,7H2,1H3. The van der Waals surface area contributed by atoms with Crippen LogP contribution < -0.4 is 4.72 Å². The van der Waals surface area contributed by atoms with E-state index in [2.05, 4.69) is 9.71 Å². The van der Waals surface area contributed by atoms with E-state index in [0.717, 1.165) is 16.3 Å². The van der Waals surface area contributed by atoms with Gasteiger partial charge >= 0.3 is 0 Å². The van der Waals surface area contributed by atoms with Crippen molar-refractivity contribution in [1.29, 1.82) is 0 Å². The third-order valence-corrected chi connectivity index (χ3v) is 4.52. The maximum Gasteiger partial charge on any atom is 0.212 e. The van der Waals surface area contributed by atoms with Crippen molar-refractivity contribution in [2.45, 2.75) is 26.3 Å². The van der Waals surface area contributed by atoms with Crippen molar-refractivity contribution in [1.82, 2.24) is 9.71 Å². The minimum Gasteiger partial charge on any atom is -0.396 e. The van der Waals surface area contributed by atoms with E-state index in [0.29, 0.717) is 0 Å². The lowest BCUT2D eigenvalue weighted by molar-refractivity contribution is 0.295. The van der Waals surface area contributed by atoms with Gasteiger partial charge in [0.25, 0.3) is 0 Å². The molecule has 0 spiro atoms. The maximum atomic E-state index is 11.4. The molecule has 7 heteroatoms. The number of sulfonamides is 1. The fourth-order valence-corrected chi connectivity index (χ4v) is 3.00. The molecule has 1 aromatic rings. The number of nitrogens with zero attached hydrogens (tertiary/aromatic N) is 1. The van der Waals surface area contributed by atoms with Crippen molar-refractivity contribution >= 4 is 21.4 Å². The monoisotopic (exact) mass is 264 g/mol. The molecule has 92 valence electrons. The lowest BCUT2D eigenvalue weighted by atomic mass is 10.4. The summed E-state index contributed by atoms with van der Waals surface area (Å²) in [4.78, 5) is 5.26. The first-order chi connectivity index (χ1) is 7.57. The van der Waals surface area contributed by atoms with Crippen molar-refractivity contribution in [2.24, 2.45) is 0 Å². The number of aromatic nitrogens is 1. The van der Waals surface area contributed by atoms with Gasteiger partial charge in [0.15, 0.2) is 0 Å². The van der Waals surface area contributed by atoms with Gasteiger partial charge in [0.2, 0.25) is 10.0 Å². The molecule has 1 rings (SSSR count). The number of rotatable bonds is 7. The summed E-state index contributed by atoms with van der Waals surface area (Å²) in [7, 11) is -3.28. The van der Waals surface area contributed by atoms with Gasteiger partial charge in [-0.3, -0.25) is 0 Å². The first kappa shape index (κ1) is 13.6. The molecule has 0 saturated heterocycles. The van der Waals surface area contributed by atoms with Crippen LogP contribution in [0.4, 0.5) is 0 Å². The topological polar surface area (TPSA) is 79.3 Å². The normalized spacial score (nSPS) is 11.9. The van der Waals surface area contributed by atoms with E-state index in [1.54, 1.807) is 6.20 Å². The maximum absolute atomic E-state index is 11.4. The van der Waals surface area contributed by atoms with Crippen LogP contribution in [0.1, 0.15) is 23.2 Å². The average Bonchev–Trinajstić information content (AvgIpc) is 2.72. The zero-order chi connectivity index (χ0) is 12.0. The van der Waals surface area contributed by atoms with E-state index >= 15 is 0 Å². The van der Waals surface area contributed by atoms with E-state index in [4.69, 9.17) is 5.11 Å². The van der Waals surface area contributed by atoms with Crippen LogP contribution in [-0.2, 0) is 23.0 Å². The average molecular weight is 264 g/mol. The summed E-state index contributed by atoms with van der Waals surface area (Å²) in [6.07, 6.45) is 2.93. The van der Waals surface area contributed by atoms with E-state index in [-0.39, 0.29) is 25.3 Å². The highest BCUT2D eigenvalue weighted by Crippen LogP contribution is 2.13. The molecule has 0 saturated carbocycles. The van der Waals surface area contributed by atoms with Gasteiger partial charge in [0, 0.05) is 17.7 Å². The van der Waals surface area contributed by atoms with E-state index in [9.17, 15) is 8.42 Å². The first-order valence-corrected chi connectivity index (χ1v) is 7.56. The molecule has 1 aromatic heterocycles. The number of thiazole rings is 1. The molecule has 16 heavy (non-hydrogen) atoms. The van der Waals surface area contributed by atoms with Crippen LogP contribution in [0.2, 0.25) is 0 Å². The Morgan fingerprint density at radius 1 is 1.56 bits per heavy atom. The van der Waals surface area contributed by atoms with Crippen molar-refractivity contribution in [3.05, 3.63) is 16.1 Å². The van der Waals surface area contributed by atoms with Crippen molar-refractivity contribution in [3.8, 4) is 0 Å². The zero-order valence-electron chi connectivity index (χ0n) is 9.14. The van der Waals surface area contributed by atoms with Gasteiger partial charge in [-0.25, -0.2) is 18.1 Å². The SMILES string of the molecule is CCc1cnc(CNS(=O)(=O)CCCO)s1. The van der Waals surface area contributed by atoms with Gasteiger partial charge in [0.1, 0.15) is 5.01 Å². The quantitative estimate of drug-likeness (QED) is 0.752. The molecular weight excluding hydrogens is 248 g/mol. The van der Waals surface area contributed by atoms with Gasteiger partial charge in [-0.2, -0.15) is 0 Å². The minimum atomic E-state index is -3.28. The third kappa shape index (κ3) is 4.56. The Hall–Kier alpha value is -0.500. The third-order valence-electron chi connectivity index (χ3n) is 1.96. The van der Waals surface area contributed by atoms with Crippen molar-refractivity contribution in [2.75, 3.05) is 12.4 Å². The molecule has 2 N–H and O–H groups in total. The molecule has 5 nitrogen and oxygen atoms in total. The van der Waals surface area contributed by atoms with Gasteiger partial charge in [0.05, 0.1) is 12.3 Å². The van der Waals surface area contributed by atoms with Crippen LogP contribution in [0, 0.1) is 0 Å². The van der Waals surface area contributed by atoms with E-state index in [1.165, 1.54) is 11.3 Å². The fourth-order valence-electron chi connectivity index (χ4n) is 1.09. The Morgan fingerprint density at radius 2 is 2.31 bits per heavy atom. The summed E-state index contributed by atoms with van der Waals surface area (Å²) in [5.74, 6) is -0.0461. The molecule has 0 amide bonds. The first-order valence-electron chi connectivity index (χ1n) is 5.09. The molecule has 0 fully saturated rings. The summed E-state index contributed by atoms with van der Waals surface area (Å²) >= 11 is 1.51. The number of aryl methyl sites for hydroxylation is 1. The molecule has 1 heterocycles. The van der Waals surface area contributed by atoms with Crippen LogP contribution in [0.15, 0.2) is 6.20 Å². The van der Waals surface area contributed by atoms with Crippen LogP contribution in [0.3, 0.4) is 0 Å². The zero-order valence-corrected chi connectivity index (χ0v) is 10.8. The van der Waals surface area contributed by atoms with Gasteiger partial charge in [-0.1, -0.05) is 6.92 Å². The van der Waals surface area contributed by atoms with Crippen molar-refractivity contribution in [3.63, 3.8) is 0 Å². The van der Waals surface area contributed by atoms with Gasteiger partial charge in [-0.15, -0.1) is 11.3 Å². The van der Waals surface area contributed by atoms with Crippen LogP contribution >= 0.6 is 11.3 Å². The minimum absolute atomic E-state index is 0.0461. The van der Waals surface area contributed by atoms with Gasteiger partial charge < -0.3 is 5.11 Å². The number of hydrogen-bond acceptors (Lipinski definition) is 5. The van der Waals surface area contributed by atoms with Crippen molar-refractivity contribution < 1.29 is 13.5 Å². The molecule has 0 aromatic carbocycles. The predicted octanol–water partition coefficient (Wildman–Crippen LogP) is 0.507. The molecule has 0 aliphatic rings. The predicted molar refractivity (Wildman–Crippen MR) is 63.8 cm³/mol. The second-order valence-electron chi connectivity index (χ2n) is 3.29. The molecule has 0 aliphatic carbocycles. The lowest BCUT2D eigenvalue weighted by Crippen LogP contribution is -2.26. The molecule has 0 atom stereocenters. The highest BCUT2D eigenvalue weighted by molar-refractivity contribution is 7.89. The highest BCUT2D eigenvalue weighted by Gasteiger charge is 2.10. The summed E-state index contributed by atoms with van der Waals surface area (Å²) < 4.78 is 25.2. The molecule has 0 bridgehead atoms. The van der Waals surface area contributed by atoms with Crippen LogP contribution in [-0.4, -0.2) is 30.9 Å². The Bertz CT molecular complexity index is 414. The van der Waals surface area contributed by atoms with E-state index in [1.807, 2.05) is 6.92 Å². The Balaban J connectivity index is 2.44. The summed E-state index contributed by atoms with van der Waals surface area (Å²) in [5.41, 5.74) is 0. The fraction of sp³-hybridized carbons (Fsp3) is 0.667. The Kier molecular flexibility index (Phi) is 5.33. The summed E-state index contributed by atoms with van der Waals surface area (Å²) in [6.45, 7) is 2.15. The largest absolute Gasteiger partial charge is 0.396 e. The molecule has 0 unspecified atom stereocenters. The van der Waals surface area contributed by atoms with Crippen LogP contribution in [0.25, 0.3) is 0 Å². The molecule has 0 aliphatic heterocycles. The summed E-state index contributed by atoms with van der Waals surface area (Å²) in [6, 6.07) is 0. The number of hydrogen-bond donors (Lipinski definition) is 2. The Morgan fingerprint density at radius 3 is 2.88 bits per heavy atom. The second-order valence-corrected chi connectivity index (χ2v) is 6.42. The smallest absolute Gasteiger partial charge is 0.212 e. The molecular formula is C9H16N2O3S2. The number of aliphatic hydroxyl groups excluding tert-OH is 1. The van der Waals surface area contributed by atoms with Crippen LogP contribution in [0.5, 0.6) is 0 Å². The Labute approximate surface area is 99.6 Å². The molecule has 0 radical (unpaired) electrons. The number of nitrogens with one attached hydrogen (secondary N) is 1.